The number of methoxy groups -OCH3 is 1. The summed E-state index contributed by atoms with van der Waals surface area (Å²) in [6, 6.07) is 7.36. The maximum atomic E-state index is 14.1. The molecule has 1 unspecified atom stereocenters. The van der Waals surface area contributed by atoms with Crippen molar-refractivity contribution in [1.29, 1.82) is 0 Å². The fourth-order valence-corrected chi connectivity index (χ4v) is 5.72. The molecule has 0 saturated heterocycles. The maximum Gasteiger partial charge on any atom is 0.340 e. The highest BCUT2D eigenvalue weighted by atomic mass is 31.2. The van der Waals surface area contributed by atoms with Crippen LogP contribution in [0.5, 0.6) is 11.5 Å². The molecule has 0 spiro atoms. The van der Waals surface area contributed by atoms with Crippen molar-refractivity contribution in [2.45, 2.75) is 66.3 Å². The Kier molecular flexibility index (Phi) is 8.52. The van der Waals surface area contributed by atoms with Crippen molar-refractivity contribution in [2.24, 2.45) is 0 Å². The highest BCUT2D eigenvalue weighted by Gasteiger charge is 2.40. The van der Waals surface area contributed by atoms with Crippen LogP contribution in [-0.2, 0) is 13.6 Å². The number of aromatic nitrogens is 1. The van der Waals surface area contributed by atoms with Crippen LogP contribution < -0.4 is 10.1 Å². The minimum atomic E-state index is -3.61. The Balaban J connectivity index is 2.54. The molecule has 1 aromatic heterocycles. The first-order valence-corrected chi connectivity index (χ1v) is 12.1. The molecule has 1 heterocycles. The maximum absolute atomic E-state index is 14.1. The first-order valence-electron chi connectivity index (χ1n) is 10.5. The topological polar surface area (TPSA) is 89.9 Å². The van der Waals surface area contributed by atoms with E-state index in [0.29, 0.717) is 16.9 Å². The van der Waals surface area contributed by atoms with Crippen molar-refractivity contribution in [3.63, 3.8) is 0 Å². The van der Waals surface area contributed by atoms with Gasteiger partial charge in [0, 0.05) is 12.2 Å². The first-order chi connectivity index (χ1) is 14.5. The molecule has 0 bridgehead atoms. The van der Waals surface area contributed by atoms with Crippen molar-refractivity contribution in [3.8, 4) is 11.5 Å². The van der Waals surface area contributed by atoms with Gasteiger partial charge in [-0.3, -0.25) is 9.55 Å². The van der Waals surface area contributed by atoms with Crippen molar-refractivity contribution in [3.05, 3.63) is 46.8 Å². The lowest BCUT2D eigenvalue weighted by Crippen LogP contribution is -2.20. The lowest BCUT2D eigenvalue weighted by Gasteiger charge is -2.31. The van der Waals surface area contributed by atoms with Crippen LogP contribution in [0.2, 0.25) is 0 Å². The van der Waals surface area contributed by atoms with Crippen LogP contribution in [0.15, 0.2) is 24.3 Å². The molecule has 1 atom stereocenters. The number of nitrogens with one attached hydrogen (secondary N) is 1. The highest BCUT2D eigenvalue weighted by molar-refractivity contribution is 7.54. The van der Waals surface area contributed by atoms with E-state index in [4.69, 9.17) is 13.8 Å². The Morgan fingerprint density at radius 3 is 2.19 bits per heavy atom. The molecule has 8 heteroatoms. The van der Waals surface area contributed by atoms with Crippen LogP contribution in [0, 0.1) is 20.8 Å². The van der Waals surface area contributed by atoms with Gasteiger partial charge in [0.05, 0.1) is 30.7 Å². The molecular formula is C23H35N2O5P. The van der Waals surface area contributed by atoms with Gasteiger partial charge in [0.2, 0.25) is 0 Å². The van der Waals surface area contributed by atoms with Crippen molar-refractivity contribution >= 4 is 13.3 Å². The second-order valence-electron chi connectivity index (χ2n) is 8.22. The van der Waals surface area contributed by atoms with Crippen LogP contribution >= 0.6 is 7.60 Å². The molecule has 0 saturated carbocycles. The van der Waals surface area contributed by atoms with Crippen LogP contribution in [0.1, 0.15) is 55.9 Å². The van der Waals surface area contributed by atoms with E-state index >= 15 is 0 Å². The summed E-state index contributed by atoms with van der Waals surface area (Å²) in [4.78, 5) is 4.49. The molecule has 0 aliphatic rings. The normalized spacial score (nSPS) is 13.0. The van der Waals surface area contributed by atoms with E-state index in [2.05, 4.69) is 10.3 Å². The number of ether oxygens (including phenoxy) is 1. The standard InChI is InChI=1S/C23H35N2O5P/c1-14(2)29-31(27,30-15(3)4)22(13-24-20-10-9-17(6)25-18(20)7)19-11-16(5)23(26)21(12-19)28-8/h9-12,14-15,22,24,26H,13H2,1-8H3. The number of rotatable bonds is 10. The molecule has 0 aliphatic carbocycles. The number of benzene rings is 1. The van der Waals surface area contributed by atoms with Gasteiger partial charge in [-0.1, -0.05) is 6.07 Å². The minimum absolute atomic E-state index is 0.0564. The molecule has 2 rings (SSSR count). The van der Waals surface area contributed by atoms with Gasteiger partial charge in [0.15, 0.2) is 11.5 Å². The zero-order valence-corrected chi connectivity index (χ0v) is 20.6. The molecule has 2 aromatic rings. The number of phenolic OH excluding ortho intramolecular Hbond substituents is 1. The molecule has 0 radical (unpaired) electrons. The Labute approximate surface area is 185 Å². The fraction of sp³-hybridized carbons (Fsp3) is 0.522. The first kappa shape index (κ1) is 25.2. The molecule has 7 nitrogen and oxygen atoms in total. The van der Waals surface area contributed by atoms with E-state index in [-0.39, 0.29) is 24.5 Å². The third-order valence-corrected chi connectivity index (χ3v) is 7.38. The third kappa shape index (κ3) is 6.45. The smallest absolute Gasteiger partial charge is 0.340 e. The lowest BCUT2D eigenvalue weighted by atomic mass is 10.1. The highest BCUT2D eigenvalue weighted by Crippen LogP contribution is 2.63. The number of pyridine rings is 1. The molecular weight excluding hydrogens is 415 g/mol. The van der Waals surface area contributed by atoms with Crippen LogP contribution in [0.3, 0.4) is 0 Å². The third-order valence-electron chi connectivity index (χ3n) is 4.70. The van der Waals surface area contributed by atoms with E-state index in [1.54, 1.807) is 19.1 Å². The Bertz CT molecular complexity index is 932. The second-order valence-corrected chi connectivity index (χ2v) is 10.3. The largest absolute Gasteiger partial charge is 0.504 e. The predicted molar refractivity (Wildman–Crippen MR) is 124 cm³/mol. The quantitative estimate of drug-likeness (QED) is 0.434. The summed E-state index contributed by atoms with van der Waals surface area (Å²) in [5.74, 6) is 0.370. The lowest BCUT2D eigenvalue weighted by molar-refractivity contribution is 0.137. The summed E-state index contributed by atoms with van der Waals surface area (Å²) in [5.41, 5.74) is 3.30. The summed E-state index contributed by atoms with van der Waals surface area (Å²) in [6.45, 7) is 13.2. The van der Waals surface area contributed by atoms with Gasteiger partial charge >= 0.3 is 7.60 Å². The van der Waals surface area contributed by atoms with Gasteiger partial charge in [0.1, 0.15) is 5.66 Å². The van der Waals surface area contributed by atoms with E-state index in [1.165, 1.54) is 7.11 Å². The van der Waals surface area contributed by atoms with Crippen molar-refractivity contribution in [1.82, 2.24) is 4.98 Å². The SMILES string of the molecule is COc1cc(C(CNc2ccc(C)nc2C)P(=O)(OC(C)C)OC(C)C)cc(C)c1O. The van der Waals surface area contributed by atoms with Gasteiger partial charge in [-0.15, -0.1) is 0 Å². The number of nitrogens with zero attached hydrogens (tertiary/aromatic N) is 1. The molecule has 2 N–H and O–H groups in total. The van der Waals surface area contributed by atoms with Gasteiger partial charge in [-0.2, -0.15) is 0 Å². The van der Waals surface area contributed by atoms with Crippen LogP contribution in [0.4, 0.5) is 5.69 Å². The van der Waals surface area contributed by atoms with Crippen LogP contribution in [-0.4, -0.2) is 36.0 Å². The van der Waals surface area contributed by atoms with E-state index < -0.39 is 13.3 Å². The average Bonchev–Trinajstić information content (AvgIpc) is 2.64. The number of phenols is 1. The zero-order valence-electron chi connectivity index (χ0n) is 19.7. The van der Waals surface area contributed by atoms with Crippen molar-refractivity contribution < 1.29 is 23.5 Å². The predicted octanol–water partition coefficient (Wildman–Crippen LogP) is 5.92. The summed E-state index contributed by atoms with van der Waals surface area (Å²) < 4.78 is 31.3. The summed E-state index contributed by atoms with van der Waals surface area (Å²) in [6.07, 6.45) is -0.593. The van der Waals surface area contributed by atoms with E-state index in [0.717, 1.165) is 17.1 Å². The Hall–Kier alpha value is -2.08. The Morgan fingerprint density at radius 1 is 1.06 bits per heavy atom. The Morgan fingerprint density at radius 2 is 1.68 bits per heavy atom. The van der Waals surface area contributed by atoms with Gasteiger partial charge in [-0.25, -0.2) is 0 Å². The molecule has 31 heavy (non-hydrogen) atoms. The summed E-state index contributed by atoms with van der Waals surface area (Å²) in [5, 5.41) is 13.7. The van der Waals surface area contributed by atoms with Gasteiger partial charge in [0.25, 0.3) is 0 Å². The molecule has 1 aromatic carbocycles. The zero-order chi connectivity index (χ0) is 23.3. The number of aromatic hydroxyl groups is 1. The average molecular weight is 451 g/mol. The number of anilines is 1. The minimum Gasteiger partial charge on any atom is -0.504 e. The number of aryl methyl sites for hydroxylation is 3. The monoisotopic (exact) mass is 450 g/mol. The number of hydrogen-bond donors (Lipinski definition) is 2. The van der Waals surface area contributed by atoms with Gasteiger partial charge < -0.3 is 24.2 Å². The second kappa shape index (κ2) is 10.5. The summed E-state index contributed by atoms with van der Waals surface area (Å²) in [7, 11) is -2.12. The number of hydrogen-bond acceptors (Lipinski definition) is 7. The molecule has 0 aliphatic heterocycles. The van der Waals surface area contributed by atoms with E-state index in [9.17, 15) is 9.67 Å². The van der Waals surface area contributed by atoms with E-state index in [1.807, 2.05) is 53.7 Å². The van der Waals surface area contributed by atoms with Crippen LogP contribution in [0.25, 0.3) is 0 Å². The summed E-state index contributed by atoms with van der Waals surface area (Å²) >= 11 is 0. The molecule has 0 amide bonds. The molecule has 0 fully saturated rings. The molecule has 172 valence electrons. The van der Waals surface area contributed by atoms with Gasteiger partial charge in [-0.05, 0) is 77.8 Å². The fourth-order valence-electron chi connectivity index (χ4n) is 3.37. The van der Waals surface area contributed by atoms with Crippen molar-refractivity contribution in [2.75, 3.05) is 19.0 Å².